The van der Waals surface area contributed by atoms with Crippen molar-refractivity contribution in [3.63, 3.8) is 0 Å². The van der Waals surface area contributed by atoms with Gasteiger partial charge in [-0.3, -0.25) is 4.79 Å². The first-order valence-electron chi connectivity index (χ1n) is 4.12. The first-order valence-corrected chi connectivity index (χ1v) is 4.12. The Morgan fingerprint density at radius 2 is 1.85 bits per heavy atom. The second-order valence-corrected chi connectivity index (χ2v) is 2.87. The molecule has 0 radical (unpaired) electrons. The zero-order chi connectivity index (χ0) is 9.84. The number of Topliss-reactive ketones (excluding diaryl/α,β-unsaturated/α-hetero) is 1. The van der Waals surface area contributed by atoms with Crippen molar-refractivity contribution in [2.24, 2.45) is 0 Å². The molecule has 0 atom stereocenters. The van der Waals surface area contributed by atoms with Gasteiger partial charge in [-0.05, 0) is 19.9 Å². The van der Waals surface area contributed by atoms with Crippen LogP contribution < -0.4 is 0 Å². The van der Waals surface area contributed by atoms with E-state index in [0.717, 1.165) is 5.56 Å². The molecule has 0 fully saturated rings. The van der Waals surface area contributed by atoms with Crippen molar-refractivity contribution in [2.45, 2.75) is 13.8 Å². The van der Waals surface area contributed by atoms with E-state index in [-0.39, 0.29) is 11.5 Å². The highest BCUT2D eigenvalue weighted by atomic mass is 16.3. The topological polar surface area (TPSA) is 37.3 Å². The molecule has 0 amide bonds. The molecule has 0 aromatic heterocycles. The normalized spacial score (nSPS) is 11.4. The SMILES string of the molecule is C/C=C(\O)C(=O)c1ccc(C)cc1. The van der Waals surface area contributed by atoms with E-state index in [9.17, 15) is 4.79 Å². The summed E-state index contributed by atoms with van der Waals surface area (Å²) in [5, 5.41) is 9.16. The third kappa shape index (κ3) is 2.18. The Balaban J connectivity index is 2.97. The van der Waals surface area contributed by atoms with E-state index >= 15 is 0 Å². The summed E-state index contributed by atoms with van der Waals surface area (Å²) in [5.41, 5.74) is 1.61. The highest BCUT2D eigenvalue weighted by Crippen LogP contribution is 2.07. The van der Waals surface area contributed by atoms with Gasteiger partial charge in [0.25, 0.3) is 0 Å². The van der Waals surface area contributed by atoms with E-state index < -0.39 is 0 Å². The smallest absolute Gasteiger partial charge is 0.226 e. The molecule has 0 saturated heterocycles. The second-order valence-electron chi connectivity index (χ2n) is 2.87. The van der Waals surface area contributed by atoms with Crippen LogP contribution in [0.5, 0.6) is 0 Å². The van der Waals surface area contributed by atoms with Crippen molar-refractivity contribution >= 4 is 5.78 Å². The molecule has 0 spiro atoms. The maximum absolute atomic E-state index is 11.4. The van der Waals surface area contributed by atoms with E-state index in [1.807, 2.05) is 19.1 Å². The Morgan fingerprint density at radius 1 is 1.31 bits per heavy atom. The predicted octanol–water partition coefficient (Wildman–Crippen LogP) is 2.64. The number of carbonyl (C=O) groups excluding carboxylic acids is 1. The lowest BCUT2D eigenvalue weighted by Crippen LogP contribution is -2.01. The number of aliphatic hydroxyl groups excluding tert-OH is 1. The van der Waals surface area contributed by atoms with Crippen molar-refractivity contribution in [3.05, 3.63) is 47.2 Å². The molecule has 1 aromatic carbocycles. The zero-order valence-electron chi connectivity index (χ0n) is 7.74. The van der Waals surface area contributed by atoms with Crippen LogP contribution in [-0.4, -0.2) is 10.9 Å². The second kappa shape index (κ2) is 3.90. The van der Waals surface area contributed by atoms with Gasteiger partial charge in [-0.15, -0.1) is 0 Å². The fraction of sp³-hybridized carbons (Fsp3) is 0.182. The Labute approximate surface area is 77.5 Å². The highest BCUT2D eigenvalue weighted by Gasteiger charge is 2.08. The fourth-order valence-corrected chi connectivity index (χ4v) is 0.984. The Bertz CT molecular complexity index is 334. The average Bonchev–Trinajstić information content (AvgIpc) is 2.17. The van der Waals surface area contributed by atoms with E-state index in [2.05, 4.69) is 0 Å². The molecule has 0 aliphatic heterocycles. The zero-order valence-corrected chi connectivity index (χ0v) is 7.74. The summed E-state index contributed by atoms with van der Waals surface area (Å²) in [4.78, 5) is 11.4. The van der Waals surface area contributed by atoms with E-state index in [4.69, 9.17) is 5.11 Å². The molecule has 0 heterocycles. The summed E-state index contributed by atoms with van der Waals surface area (Å²) in [6.07, 6.45) is 1.39. The standard InChI is InChI=1S/C11H12O2/c1-3-10(12)11(13)9-6-4-8(2)5-7-9/h3-7,12H,1-2H3/b10-3-. The molecular weight excluding hydrogens is 164 g/mol. The van der Waals surface area contributed by atoms with Gasteiger partial charge in [-0.25, -0.2) is 0 Å². The number of hydrogen-bond donors (Lipinski definition) is 1. The maximum Gasteiger partial charge on any atom is 0.226 e. The van der Waals surface area contributed by atoms with Gasteiger partial charge >= 0.3 is 0 Å². The molecule has 1 aromatic rings. The van der Waals surface area contributed by atoms with Crippen LogP contribution in [0, 0.1) is 6.92 Å². The van der Waals surface area contributed by atoms with Crippen LogP contribution in [0.15, 0.2) is 36.1 Å². The first-order chi connectivity index (χ1) is 6.15. The van der Waals surface area contributed by atoms with Gasteiger partial charge in [-0.1, -0.05) is 29.8 Å². The molecule has 68 valence electrons. The minimum Gasteiger partial charge on any atom is -0.504 e. The number of hydrogen-bond acceptors (Lipinski definition) is 2. The van der Waals surface area contributed by atoms with Crippen LogP contribution in [-0.2, 0) is 0 Å². The van der Waals surface area contributed by atoms with Crippen LogP contribution in [0.1, 0.15) is 22.8 Å². The minimum atomic E-state index is -0.331. The van der Waals surface area contributed by atoms with Crippen LogP contribution in [0.25, 0.3) is 0 Å². The quantitative estimate of drug-likeness (QED) is 0.427. The van der Waals surface area contributed by atoms with Gasteiger partial charge in [0.05, 0.1) is 0 Å². The Morgan fingerprint density at radius 3 is 2.31 bits per heavy atom. The van der Waals surface area contributed by atoms with Gasteiger partial charge in [0, 0.05) is 5.56 Å². The van der Waals surface area contributed by atoms with Crippen molar-refractivity contribution < 1.29 is 9.90 Å². The van der Waals surface area contributed by atoms with Gasteiger partial charge in [-0.2, -0.15) is 0 Å². The van der Waals surface area contributed by atoms with Gasteiger partial charge in [0.15, 0.2) is 5.76 Å². The number of aliphatic hydroxyl groups is 1. The maximum atomic E-state index is 11.4. The number of aryl methyl sites for hydroxylation is 1. The fourth-order valence-electron chi connectivity index (χ4n) is 0.984. The number of ketones is 1. The van der Waals surface area contributed by atoms with Crippen molar-refractivity contribution in [2.75, 3.05) is 0 Å². The monoisotopic (exact) mass is 176 g/mol. The molecule has 1 rings (SSSR count). The van der Waals surface area contributed by atoms with Crippen LogP contribution >= 0.6 is 0 Å². The van der Waals surface area contributed by atoms with Crippen LogP contribution in [0.4, 0.5) is 0 Å². The van der Waals surface area contributed by atoms with E-state index in [0.29, 0.717) is 5.56 Å². The minimum absolute atomic E-state index is 0.205. The number of allylic oxidation sites excluding steroid dienone is 2. The van der Waals surface area contributed by atoms with Gasteiger partial charge in [0.2, 0.25) is 5.78 Å². The Hall–Kier alpha value is -1.57. The molecule has 0 bridgehead atoms. The molecule has 0 saturated carbocycles. The molecule has 0 aliphatic rings. The first kappa shape index (κ1) is 9.52. The third-order valence-corrected chi connectivity index (χ3v) is 1.82. The van der Waals surface area contributed by atoms with Crippen molar-refractivity contribution in [1.29, 1.82) is 0 Å². The summed E-state index contributed by atoms with van der Waals surface area (Å²) in [7, 11) is 0. The largest absolute Gasteiger partial charge is 0.504 e. The lowest BCUT2D eigenvalue weighted by molar-refractivity contribution is 0.0977. The lowest BCUT2D eigenvalue weighted by atomic mass is 10.1. The van der Waals surface area contributed by atoms with Crippen molar-refractivity contribution in [3.8, 4) is 0 Å². The summed E-state index contributed by atoms with van der Waals surface area (Å²) < 4.78 is 0. The lowest BCUT2D eigenvalue weighted by Gasteiger charge is -1.99. The third-order valence-electron chi connectivity index (χ3n) is 1.82. The molecule has 0 aliphatic carbocycles. The Kier molecular flexibility index (Phi) is 2.85. The summed E-state index contributed by atoms with van der Waals surface area (Å²) >= 11 is 0. The number of benzene rings is 1. The molecule has 1 N–H and O–H groups in total. The van der Waals surface area contributed by atoms with E-state index in [1.54, 1.807) is 19.1 Å². The van der Waals surface area contributed by atoms with Crippen LogP contribution in [0.3, 0.4) is 0 Å². The molecule has 0 unspecified atom stereocenters. The van der Waals surface area contributed by atoms with Crippen LogP contribution in [0.2, 0.25) is 0 Å². The molecular formula is C11H12O2. The molecule has 13 heavy (non-hydrogen) atoms. The molecule has 2 nitrogen and oxygen atoms in total. The van der Waals surface area contributed by atoms with Gasteiger partial charge < -0.3 is 5.11 Å². The van der Waals surface area contributed by atoms with Crippen molar-refractivity contribution in [1.82, 2.24) is 0 Å². The molecule has 2 heteroatoms. The average molecular weight is 176 g/mol. The number of carbonyl (C=O) groups is 1. The summed E-state index contributed by atoms with van der Waals surface area (Å²) in [6, 6.07) is 7.10. The highest BCUT2D eigenvalue weighted by molar-refractivity contribution is 6.06. The number of rotatable bonds is 2. The van der Waals surface area contributed by atoms with E-state index in [1.165, 1.54) is 6.08 Å². The van der Waals surface area contributed by atoms with Gasteiger partial charge in [0.1, 0.15) is 0 Å². The summed E-state index contributed by atoms with van der Waals surface area (Å²) in [6.45, 7) is 3.57. The predicted molar refractivity (Wildman–Crippen MR) is 51.9 cm³/mol. The summed E-state index contributed by atoms with van der Waals surface area (Å²) in [5.74, 6) is -0.536.